The number of β-amino-alcohol motifs (C(OH)–C–C–N with tert-alkyl or cyclic N) is 1. The van der Waals surface area contributed by atoms with E-state index >= 15 is 0 Å². The Morgan fingerprint density at radius 2 is 1.68 bits per heavy atom. The van der Waals surface area contributed by atoms with E-state index in [1.54, 1.807) is 12.0 Å². The van der Waals surface area contributed by atoms with E-state index in [0.29, 0.717) is 44.2 Å². The predicted octanol–water partition coefficient (Wildman–Crippen LogP) is 2.28. The third-order valence-electron chi connectivity index (χ3n) is 4.65. The van der Waals surface area contributed by atoms with E-state index in [-0.39, 0.29) is 12.6 Å². The van der Waals surface area contributed by atoms with E-state index in [2.05, 4.69) is 10.2 Å². The summed E-state index contributed by atoms with van der Waals surface area (Å²) in [6, 6.07) is 16.7. The van der Waals surface area contributed by atoms with Crippen LogP contribution in [0.3, 0.4) is 0 Å². The molecule has 1 unspecified atom stereocenters. The number of amides is 2. The van der Waals surface area contributed by atoms with Crippen molar-refractivity contribution in [1.29, 1.82) is 0 Å². The third kappa shape index (κ3) is 5.61. The fourth-order valence-electron chi connectivity index (χ4n) is 3.13. The van der Waals surface area contributed by atoms with Gasteiger partial charge in [-0.2, -0.15) is 0 Å². The zero-order chi connectivity index (χ0) is 19.8. The first kappa shape index (κ1) is 20.0. The van der Waals surface area contributed by atoms with Gasteiger partial charge in [0.2, 0.25) is 0 Å². The second-order valence-corrected chi connectivity index (χ2v) is 6.70. The zero-order valence-corrected chi connectivity index (χ0v) is 16.1. The van der Waals surface area contributed by atoms with Crippen LogP contribution in [0.2, 0.25) is 0 Å². The Kier molecular flexibility index (Phi) is 7.11. The highest BCUT2D eigenvalue weighted by atomic mass is 16.5. The van der Waals surface area contributed by atoms with Crippen molar-refractivity contribution in [3.8, 4) is 11.5 Å². The number of rotatable bonds is 7. The molecular weight excluding hydrogens is 358 g/mol. The van der Waals surface area contributed by atoms with E-state index in [4.69, 9.17) is 9.47 Å². The maximum Gasteiger partial charge on any atom is 0.321 e. The Bertz CT molecular complexity index is 748. The Morgan fingerprint density at radius 3 is 2.36 bits per heavy atom. The van der Waals surface area contributed by atoms with Gasteiger partial charge in [-0.25, -0.2) is 4.79 Å². The smallest absolute Gasteiger partial charge is 0.321 e. The van der Waals surface area contributed by atoms with Gasteiger partial charge < -0.3 is 24.8 Å². The number of carbonyl (C=O) groups is 1. The third-order valence-corrected chi connectivity index (χ3v) is 4.65. The normalized spacial score (nSPS) is 15.7. The van der Waals surface area contributed by atoms with Gasteiger partial charge >= 0.3 is 6.03 Å². The topological polar surface area (TPSA) is 74.3 Å². The molecule has 2 N–H and O–H groups in total. The molecular formula is C21H27N3O4. The number of anilines is 1. The molecule has 1 aliphatic rings. The molecule has 2 aromatic rings. The summed E-state index contributed by atoms with van der Waals surface area (Å²) in [5.74, 6) is 1.26. The van der Waals surface area contributed by atoms with E-state index in [0.717, 1.165) is 5.69 Å². The monoisotopic (exact) mass is 385 g/mol. The number of urea groups is 1. The van der Waals surface area contributed by atoms with Gasteiger partial charge in [0, 0.05) is 38.4 Å². The molecule has 7 nitrogen and oxygen atoms in total. The van der Waals surface area contributed by atoms with Crippen LogP contribution in [0.25, 0.3) is 0 Å². The van der Waals surface area contributed by atoms with Crippen molar-refractivity contribution in [2.24, 2.45) is 0 Å². The average Bonchev–Trinajstić information content (AvgIpc) is 2.73. The summed E-state index contributed by atoms with van der Waals surface area (Å²) in [5, 5.41) is 13.2. The highest BCUT2D eigenvalue weighted by molar-refractivity contribution is 5.89. The van der Waals surface area contributed by atoms with Gasteiger partial charge in [0.1, 0.15) is 12.7 Å². The lowest BCUT2D eigenvalue weighted by Gasteiger charge is -2.35. The number of carbonyl (C=O) groups excluding carboxylic acids is 1. The number of aliphatic hydroxyl groups excluding tert-OH is 1. The van der Waals surface area contributed by atoms with Crippen LogP contribution in [0, 0.1) is 0 Å². The molecule has 3 rings (SSSR count). The first-order valence-electron chi connectivity index (χ1n) is 9.43. The van der Waals surface area contributed by atoms with Crippen LogP contribution in [-0.4, -0.2) is 73.5 Å². The Morgan fingerprint density at radius 1 is 1.04 bits per heavy atom. The minimum Gasteiger partial charge on any atom is -0.493 e. The molecule has 150 valence electrons. The Hall–Kier alpha value is -2.77. The second-order valence-electron chi connectivity index (χ2n) is 6.70. The van der Waals surface area contributed by atoms with Gasteiger partial charge in [-0.15, -0.1) is 0 Å². The number of ether oxygens (including phenoxy) is 2. The standard InChI is InChI=1S/C21H27N3O4/c1-27-19-9-5-6-10-20(19)28-16-18(25)15-23-11-13-24(14-12-23)21(26)22-17-7-3-2-4-8-17/h2-10,18,25H,11-16H2,1H3,(H,22,26). The number of benzene rings is 2. The summed E-state index contributed by atoms with van der Waals surface area (Å²) in [6.07, 6.45) is -0.616. The van der Waals surface area contributed by atoms with Crippen molar-refractivity contribution in [3.05, 3.63) is 54.6 Å². The molecule has 0 aliphatic carbocycles. The van der Waals surface area contributed by atoms with Gasteiger partial charge in [-0.05, 0) is 24.3 Å². The van der Waals surface area contributed by atoms with E-state index in [1.165, 1.54) is 0 Å². The molecule has 1 atom stereocenters. The van der Waals surface area contributed by atoms with Gasteiger partial charge in [0.25, 0.3) is 0 Å². The molecule has 2 amide bonds. The lowest BCUT2D eigenvalue weighted by Crippen LogP contribution is -2.51. The maximum atomic E-state index is 12.3. The van der Waals surface area contributed by atoms with E-state index < -0.39 is 6.10 Å². The number of hydrogen-bond acceptors (Lipinski definition) is 5. The van der Waals surface area contributed by atoms with Crippen LogP contribution in [0.5, 0.6) is 11.5 Å². The number of hydrogen-bond donors (Lipinski definition) is 2. The second kappa shape index (κ2) is 9.96. The Balaban J connectivity index is 1.39. The van der Waals surface area contributed by atoms with E-state index in [9.17, 15) is 9.90 Å². The summed E-state index contributed by atoms with van der Waals surface area (Å²) >= 11 is 0. The molecule has 0 bridgehead atoms. The van der Waals surface area contributed by atoms with Crippen molar-refractivity contribution in [2.75, 3.05) is 51.8 Å². The van der Waals surface area contributed by atoms with Crippen molar-refractivity contribution in [1.82, 2.24) is 9.80 Å². The van der Waals surface area contributed by atoms with Gasteiger partial charge in [-0.1, -0.05) is 30.3 Å². The zero-order valence-electron chi connectivity index (χ0n) is 16.1. The fraction of sp³-hybridized carbons (Fsp3) is 0.381. The molecule has 1 aliphatic heterocycles. The van der Waals surface area contributed by atoms with Crippen LogP contribution in [0.1, 0.15) is 0 Å². The average molecular weight is 385 g/mol. The highest BCUT2D eigenvalue weighted by Crippen LogP contribution is 2.25. The minimum atomic E-state index is -0.616. The molecule has 0 aromatic heterocycles. The van der Waals surface area contributed by atoms with Gasteiger partial charge in [0.15, 0.2) is 11.5 Å². The summed E-state index contributed by atoms with van der Waals surface area (Å²) in [7, 11) is 1.59. The molecule has 1 heterocycles. The number of piperazine rings is 1. The molecule has 0 saturated carbocycles. The maximum absolute atomic E-state index is 12.3. The van der Waals surface area contributed by atoms with Gasteiger partial charge in [-0.3, -0.25) is 4.90 Å². The number of para-hydroxylation sites is 3. The molecule has 0 spiro atoms. The van der Waals surface area contributed by atoms with Crippen LogP contribution in [0.15, 0.2) is 54.6 Å². The number of nitrogens with one attached hydrogen (secondary N) is 1. The number of methoxy groups -OCH3 is 1. The minimum absolute atomic E-state index is 0.0918. The number of nitrogens with zero attached hydrogens (tertiary/aromatic N) is 2. The van der Waals surface area contributed by atoms with Crippen molar-refractivity contribution < 1.29 is 19.4 Å². The molecule has 1 saturated heterocycles. The van der Waals surface area contributed by atoms with Crippen molar-refractivity contribution in [3.63, 3.8) is 0 Å². The highest BCUT2D eigenvalue weighted by Gasteiger charge is 2.23. The summed E-state index contributed by atoms with van der Waals surface area (Å²) in [6.45, 7) is 3.37. The largest absolute Gasteiger partial charge is 0.493 e. The first-order chi connectivity index (χ1) is 13.7. The summed E-state index contributed by atoms with van der Waals surface area (Å²) in [5.41, 5.74) is 0.791. The van der Waals surface area contributed by atoms with Crippen LogP contribution < -0.4 is 14.8 Å². The molecule has 28 heavy (non-hydrogen) atoms. The lowest BCUT2D eigenvalue weighted by atomic mass is 10.2. The summed E-state index contributed by atoms with van der Waals surface area (Å²) < 4.78 is 10.9. The predicted molar refractivity (Wildman–Crippen MR) is 108 cm³/mol. The van der Waals surface area contributed by atoms with Crippen LogP contribution in [0.4, 0.5) is 10.5 Å². The molecule has 1 fully saturated rings. The molecule has 7 heteroatoms. The lowest BCUT2D eigenvalue weighted by molar-refractivity contribution is 0.0519. The van der Waals surface area contributed by atoms with Crippen molar-refractivity contribution >= 4 is 11.7 Å². The number of aliphatic hydroxyl groups is 1. The quantitative estimate of drug-likeness (QED) is 0.765. The first-order valence-corrected chi connectivity index (χ1v) is 9.43. The Labute approximate surface area is 165 Å². The SMILES string of the molecule is COc1ccccc1OCC(O)CN1CCN(C(=O)Nc2ccccc2)CC1. The van der Waals surface area contributed by atoms with Gasteiger partial charge in [0.05, 0.1) is 7.11 Å². The molecule has 0 radical (unpaired) electrons. The summed E-state index contributed by atoms with van der Waals surface area (Å²) in [4.78, 5) is 16.3. The van der Waals surface area contributed by atoms with Crippen LogP contribution in [-0.2, 0) is 0 Å². The molecule has 2 aromatic carbocycles. The fourth-order valence-corrected chi connectivity index (χ4v) is 3.13. The van der Waals surface area contributed by atoms with Crippen molar-refractivity contribution in [2.45, 2.75) is 6.10 Å². The van der Waals surface area contributed by atoms with Crippen LogP contribution >= 0.6 is 0 Å². The van der Waals surface area contributed by atoms with E-state index in [1.807, 2.05) is 54.6 Å².